The summed E-state index contributed by atoms with van der Waals surface area (Å²) in [7, 11) is 1.84. The number of fused-ring (bicyclic) bond motifs is 1. The fourth-order valence-electron chi connectivity index (χ4n) is 1.43. The van der Waals surface area contributed by atoms with E-state index in [2.05, 4.69) is 4.98 Å². The normalized spacial score (nSPS) is 10.5. The Morgan fingerprint density at radius 3 is 3.13 bits per heavy atom. The summed E-state index contributed by atoms with van der Waals surface area (Å²) in [6, 6.07) is 5.36. The van der Waals surface area contributed by atoms with E-state index in [0.717, 1.165) is 11.0 Å². The van der Waals surface area contributed by atoms with Crippen LogP contribution in [0, 0.1) is 0 Å². The third-order valence-electron chi connectivity index (χ3n) is 2.05. The molecule has 2 rings (SSSR count). The van der Waals surface area contributed by atoms with E-state index < -0.39 is 5.97 Å². The number of hydrogen-bond donors (Lipinski definition) is 1. The Bertz CT molecular complexity index is 504. The second-order valence-corrected chi connectivity index (χ2v) is 3.16. The van der Waals surface area contributed by atoms with Crippen molar-refractivity contribution in [3.05, 3.63) is 24.5 Å². The number of hydrogen-bond acceptors (Lipinski definition) is 3. The van der Waals surface area contributed by atoms with Crippen molar-refractivity contribution in [2.24, 2.45) is 7.05 Å². The second kappa shape index (κ2) is 3.61. The van der Waals surface area contributed by atoms with Crippen LogP contribution in [0.1, 0.15) is 0 Å². The number of aryl methyl sites for hydroxylation is 1. The third-order valence-corrected chi connectivity index (χ3v) is 2.05. The van der Waals surface area contributed by atoms with Crippen LogP contribution in [-0.2, 0) is 11.8 Å². The van der Waals surface area contributed by atoms with Gasteiger partial charge in [-0.3, -0.25) is 0 Å². The van der Waals surface area contributed by atoms with E-state index in [1.54, 1.807) is 23.0 Å². The zero-order valence-electron chi connectivity index (χ0n) is 8.17. The molecule has 1 heterocycles. The molecule has 0 aliphatic carbocycles. The molecular formula is C10H10N2O3. The number of nitrogens with zero attached hydrogens (tertiary/aromatic N) is 2. The van der Waals surface area contributed by atoms with Crippen LogP contribution >= 0.6 is 0 Å². The summed E-state index contributed by atoms with van der Waals surface area (Å²) in [6.07, 6.45) is 1.66. The summed E-state index contributed by atoms with van der Waals surface area (Å²) < 4.78 is 6.96. The van der Waals surface area contributed by atoms with E-state index in [1.165, 1.54) is 0 Å². The molecule has 1 N–H and O–H groups in total. The molecule has 0 atom stereocenters. The fourth-order valence-corrected chi connectivity index (χ4v) is 1.43. The van der Waals surface area contributed by atoms with Gasteiger partial charge >= 0.3 is 5.97 Å². The van der Waals surface area contributed by atoms with Gasteiger partial charge in [0.15, 0.2) is 6.61 Å². The summed E-state index contributed by atoms with van der Waals surface area (Å²) in [4.78, 5) is 14.5. The minimum Gasteiger partial charge on any atom is -0.480 e. The summed E-state index contributed by atoms with van der Waals surface area (Å²) in [6.45, 7) is -0.343. The number of aromatic nitrogens is 2. The molecule has 5 nitrogen and oxygen atoms in total. The molecule has 0 amide bonds. The van der Waals surface area contributed by atoms with Crippen LogP contribution in [0.25, 0.3) is 11.0 Å². The van der Waals surface area contributed by atoms with Gasteiger partial charge in [-0.1, -0.05) is 6.07 Å². The van der Waals surface area contributed by atoms with Gasteiger partial charge in [-0.05, 0) is 12.1 Å². The van der Waals surface area contributed by atoms with E-state index in [0.29, 0.717) is 5.75 Å². The highest BCUT2D eigenvalue weighted by atomic mass is 16.5. The van der Waals surface area contributed by atoms with Gasteiger partial charge in [-0.15, -0.1) is 0 Å². The SMILES string of the molecule is Cn1cnc2cccc(OCC(=O)O)c21. The number of carboxylic acid groups (broad SMARTS) is 1. The number of para-hydroxylation sites is 1. The van der Waals surface area contributed by atoms with Gasteiger partial charge in [0.05, 0.1) is 11.8 Å². The van der Waals surface area contributed by atoms with Crippen LogP contribution in [0.2, 0.25) is 0 Å². The number of ether oxygens (including phenoxy) is 1. The summed E-state index contributed by atoms with van der Waals surface area (Å²) in [5, 5.41) is 8.52. The molecule has 1 aromatic carbocycles. The van der Waals surface area contributed by atoms with E-state index in [9.17, 15) is 4.79 Å². The van der Waals surface area contributed by atoms with Crippen molar-refractivity contribution in [1.29, 1.82) is 0 Å². The summed E-state index contributed by atoms with van der Waals surface area (Å²) in [5.41, 5.74) is 1.60. The molecule has 1 aromatic heterocycles. The first-order valence-electron chi connectivity index (χ1n) is 4.43. The summed E-state index contributed by atoms with van der Waals surface area (Å²) >= 11 is 0. The zero-order valence-corrected chi connectivity index (χ0v) is 8.17. The Morgan fingerprint density at radius 2 is 2.40 bits per heavy atom. The maximum Gasteiger partial charge on any atom is 0.341 e. The first kappa shape index (κ1) is 9.51. The molecule has 0 spiro atoms. The van der Waals surface area contributed by atoms with Crippen molar-refractivity contribution in [2.45, 2.75) is 0 Å². The molecule has 0 bridgehead atoms. The molecular weight excluding hydrogens is 196 g/mol. The molecule has 15 heavy (non-hydrogen) atoms. The van der Waals surface area contributed by atoms with Crippen molar-refractivity contribution in [2.75, 3.05) is 6.61 Å². The van der Waals surface area contributed by atoms with E-state index >= 15 is 0 Å². The number of imidazole rings is 1. The van der Waals surface area contributed by atoms with E-state index in [1.807, 2.05) is 13.1 Å². The highest BCUT2D eigenvalue weighted by Crippen LogP contribution is 2.23. The predicted octanol–water partition coefficient (Wildman–Crippen LogP) is 1.04. The van der Waals surface area contributed by atoms with Crippen molar-refractivity contribution in [3.8, 4) is 5.75 Å². The van der Waals surface area contributed by atoms with Gasteiger partial charge in [0, 0.05) is 7.05 Å². The largest absolute Gasteiger partial charge is 0.480 e. The number of benzene rings is 1. The molecule has 5 heteroatoms. The number of carbonyl (C=O) groups is 1. The van der Waals surface area contributed by atoms with E-state index in [4.69, 9.17) is 9.84 Å². The summed E-state index contributed by atoms with van der Waals surface area (Å²) in [5.74, 6) is -0.455. The zero-order chi connectivity index (χ0) is 10.8. The van der Waals surface area contributed by atoms with Crippen molar-refractivity contribution in [3.63, 3.8) is 0 Å². The Morgan fingerprint density at radius 1 is 1.60 bits per heavy atom. The second-order valence-electron chi connectivity index (χ2n) is 3.16. The standard InChI is InChI=1S/C10H10N2O3/c1-12-6-11-7-3-2-4-8(10(7)12)15-5-9(13)14/h2-4,6H,5H2,1H3,(H,13,14). The highest BCUT2D eigenvalue weighted by Gasteiger charge is 2.07. The molecule has 0 aliphatic rings. The number of rotatable bonds is 3. The lowest BCUT2D eigenvalue weighted by atomic mass is 10.3. The van der Waals surface area contributed by atoms with Crippen molar-refractivity contribution < 1.29 is 14.6 Å². The van der Waals surface area contributed by atoms with Crippen LogP contribution in [-0.4, -0.2) is 27.2 Å². The fraction of sp³-hybridized carbons (Fsp3) is 0.200. The van der Waals surface area contributed by atoms with Crippen LogP contribution in [0.5, 0.6) is 5.75 Å². The van der Waals surface area contributed by atoms with Gasteiger partial charge in [0.1, 0.15) is 11.3 Å². The maximum absolute atomic E-state index is 10.4. The lowest BCUT2D eigenvalue weighted by molar-refractivity contribution is -0.139. The van der Waals surface area contributed by atoms with Crippen LogP contribution in [0.15, 0.2) is 24.5 Å². The van der Waals surface area contributed by atoms with E-state index in [-0.39, 0.29) is 6.61 Å². The third kappa shape index (κ3) is 1.76. The molecule has 0 aliphatic heterocycles. The molecule has 0 unspecified atom stereocenters. The topological polar surface area (TPSA) is 64.4 Å². The Kier molecular flexibility index (Phi) is 2.29. The first-order chi connectivity index (χ1) is 7.18. The quantitative estimate of drug-likeness (QED) is 0.814. The molecule has 2 aromatic rings. The highest BCUT2D eigenvalue weighted by molar-refractivity contribution is 5.82. The average Bonchev–Trinajstić information content (AvgIpc) is 2.58. The number of carboxylic acids is 1. The van der Waals surface area contributed by atoms with Gasteiger partial charge in [-0.2, -0.15) is 0 Å². The number of aliphatic carboxylic acids is 1. The Balaban J connectivity index is 2.41. The molecule has 0 fully saturated rings. The monoisotopic (exact) mass is 206 g/mol. The first-order valence-corrected chi connectivity index (χ1v) is 4.43. The lowest BCUT2D eigenvalue weighted by Crippen LogP contribution is -2.09. The molecule has 0 saturated heterocycles. The lowest BCUT2D eigenvalue weighted by Gasteiger charge is -2.05. The molecule has 0 saturated carbocycles. The van der Waals surface area contributed by atoms with Crippen LogP contribution in [0.4, 0.5) is 0 Å². The molecule has 78 valence electrons. The maximum atomic E-state index is 10.4. The van der Waals surface area contributed by atoms with Crippen molar-refractivity contribution in [1.82, 2.24) is 9.55 Å². The minimum absolute atomic E-state index is 0.343. The van der Waals surface area contributed by atoms with Gasteiger partial charge in [0.25, 0.3) is 0 Å². The van der Waals surface area contributed by atoms with Crippen molar-refractivity contribution >= 4 is 17.0 Å². The van der Waals surface area contributed by atoms with Gasteiger partial charge < -0.3 is 14.4 Å². The molecule has 0 radical (unpaired) electrons. The van der Waals surface area contributed by atoms with Gasteiger partial charge in [0.2, 0.25) is 0 Å². The predicted molar refractivity (Wildman–Crippen MR) is 53.8 cm³/mol. The van der Waals surface area contributed by atoms with Crippen LogP contribution in [0.3, 0.4) is 0 Å². The minimum atomic E-state index is -0.992. The Labute approximate surface area is 85.9 Å². The van der Waals surface area contributed by atoms with Crippen LogP contribution < -0.4 is 4.74 Å². The smallest absolute Gasteiger partial charge is 0.341 e. The van der Waals surface area contributed by atoms with Gasteiger partial charge in [-0.25, -0.2) is 9.78 Å². The average molecular weight is 206 g/mol. The Hall–Kier alpha value is -2.04.